The molecule has 0 N–H and O–H groups in total. The van der Waals surface area contributed by atoms with Gasteiger partial charge in [0.15, 0.2) is 0 Å². The number of ether oxygens (including phenoxy) is 1. The number of rotatable bonds is 6. The molecule has 1 saturated heterocycles. The van der Waals surface area contributed by atoms with Crippen molar-refractivity contribution < 1.29 is 17.9 Å². The van der Waals surface area contributed by atoms with E-state index in [9.17, 15) is 13.2 Å². The summed E-state index contributed by atoms with van der Waals surface area (Å²) in [7, 11) is -2.57. The Hall–Kier alpha value is -2.54. The fraction of sp³-hybridized carbons (Fsp3) is 0.435. The van der Waals surface area contributed by atoms with Crippen molar-refractivity contribution in [3.05, 3.63) is 53.6 Å². The molecule has 0 unspecified atom stereocenters. The Morgan fingerprint density at radius 1 is 1.10 bits per heavy atom. The van der Waals surface area contributed by atoms with Gasteiger partial charge >= 0.3 is 0 Å². The predicted octanol–water partition coefficient (Wildman–Crippen LogP) is 3.77. The topological polar surface area (TPSA) is 66.9 Å². The van der Waals surface area contributed by atoms with Gasteiger partial charge in [-0.25, -0.2) is 8.42 Å². The first-order valence-corrected chi connectivity index (χ1v) is 11.7. The lowest BCUT2D eigenvalue weighted by Crippen LogP contribution is -2.45. The third-order valence-corrected chi connectivity index (χ3v) is 7.39. The zero-order valence-corrected chi connectivity index (χ0v) is 18.9. The lowest BCUT2D eigenvalue weighted by atomic mass is 9.99. The van der Waals surface area contributed by atoms with E-state index in [1.807, 2.05) is 19.9 Å². The SMILES string of the molecule is COc1ccc(C)cc1S(=O)(=O)N(CC(=O)N1CCC(C)CC1)c1cccc(C)c1. The van der Waals surface area contributed by atoms with Gasteiger partial charge in [0.25, 0.3) is 10.0 Å². The van der Waals surface area contributed by atoms with E-state index in [1.54, 1.807) is 41.3 Å². The summed E-state index contributed by atoms with van der Waals surface area (Å²) in [5.41, 5.74) is 2.19. The first-order chi connectivity index (χ1) is 14.2. The van der Waals surface area contributed by atoms with Gasteiger partial charge in [0.05, 0.1) is 12.8 Å². The average Bonchev–Trinajstić information content (AvgIpc) is 2.72. The quantitative estimate of drug-likeness (QED) is 0.700. The Morgan fingerprint density at radius 2 is 1.77 bits per heavy atom. The number of carbonyl (C=O) groups excluding carboxylic acids is 1. The van der Waals surface area contributed by atoms with Crippen LogP contribution in [0.5, 0.6) is 5.75 Å². The maximum Gasteiger partial charge on any atom is 0.268 e. The molecule has 0 radical (unpaired) electrons. The number of amides is 1. The molecule has 7 heteroatoms. The van der Waals surface area contributed by atoms with Crippen LogP contribution >= 0.6 is 0 Å². The molecule has 6 nitrogen and oxygen atoms in total. The zero-order chi connectivity index (χ0) is 21.9. The van der Waals surface area contributed by atoms with Crippen LogP contribution in [0.3, 0.4) is 0 Å². The molecule has 2 aromatic rings. The van der Waals surface area contributed by atoms with E-state index in [-0.39, 0.29) is 23.1 Å². The number of aryl methyl sites for hydroxylation is 2. The Labute approximate surface area is 179 Å². The van der Waals surface area contributed by atoms with Gasteiger partial charge < -0.3 is 9.64 Å². The molecule has 1 aliphatic heterocycles. The Kier molecular flexibility index (Phi) is 6.71. The fourth-order valence-corrected chi connectivity index (χ4v) is 5.33. The maximum atomic E-state index is 13.7. The van der Waals surface area contributed by atoms with Crippen LogP contribution in [0, 0.1) is 19.8 Å². The standard InChI is InChI=1S/C23H30N2O4S/c1-17-10-12-24(13-11-17)23(26)16-25(20-7-5-6-18(2)14-20)30(27,28)22-15-19(3)8-9-21(22)29-4/h5-9,14-15,17H,10-13,16H2,1-4H3. The maximum absolute atomic E-state index is 13.7. The number of benzene rings is 2. The normalized spacial score (nSPS) is 15.1. The Balaban J connectivity index is 2.01. The van der Waals surface area contributed by atoms with Gasteiger partial charge in [-0.1, -0.05) is 25.1 Å². The number of piperidine rings is 1. The highest BCUT2D eigenvalue weighted by Gasteiger charge is 2.32. The van der Waals surface area contributed by atoms with E-state index < -0.39 is 10.0 Å². The molecular weight excluding hydrogens is 400 g/mol. The summed E-state index contributed by atoms with van der Waals surface area (Å²) >= 11 is 0. The van der Waals surface area contributed by atoms with Crippen LogP contribution in [-0.4, -0.2) is 46.0 Å². The van der Waals surface area contributed by atoms with E-state index in [0.717, 1.165) is 24.0 Å². The number of hydrogen-bond donors (Lipinski definition) is 0. The molecule has 2 aromatic carbocycles. The molecule has 0 aromatic heterocycles. The highest BCUT2D eigenvalue weighted by molar-refractivity contribution is 7.93. The molecular formula is C23H30N2O4S. The van der Waals surface area contributed by atoms with Crippen LogP contribution in [0.4, 0.5) is 5.69 Å². The van der Waals surface area contributed by atoms with Gasteiger partial charge in [0, 0.05) is 13.1 Å². The van der Waals surface area contributed by atoms with Crippen LogP contribution < -0.4 is 9.04 Å². The molecule has 1 heterocycles. The van der Waals surface area contributed by atoms with Crippen molar-refractivity contribution in [3.63, 3.8) is 0 Å². The van der Waals surface area contributed by atoms with Crippen LogP contribution in [-0.2, 0) is 14.8 Å². The number of likely N-dealkylation sites (tertiary alicyclic amines) is 1. The van der Waals surface area contributed by atoms with Crippen LogP contribution in [0.2, 0.25) is 0 Å². The lowest BCUT2D eigenvalue weighted by molar-refractivity contribution is -0.130. The average molecular weight is 431 g/mol. The van der Waals surface area contributed by atoms with Gasteiger partial charge in [-0.15, -0.1) is 0 Å². The van der Waals surface area contributed by atoms with E-state index in [1.165, 1.54) is 11.4 Å². The van der Waals surface area contributed by atoms with E-state index in [4.69, 9.17) is 4.74 Å². The van der Waals surface area contributed by atoms with Gasteiger partial charge in [-0.05, 0) is 68.0 Å². The molecule has 0 atom stereocenters. The number of sulfonamides is 1. The third kappa shape index (κ3) is 4.78. The summed E-state index contributed by atoms with van der Waals surface area (Å²) in [5, 5.41) is 0. The zero-order valence-electron chi connectivity index (χ0n) is 18.1. The van der Waals surface area contributed by atoms with Gasteiger partial charge in [0.2, 0.25) is 5.91 Å². The third-order valence-electron chi connectivity index (χ3n) is 5.59. The Morgan fingerprint density at radius 3 is 2.40 bits per heavy atom. The molecule has 1 amide bonds. The molecule has 0 spiro atoms. The first kappa shape index (κ1) is 22.2. The van der Waals surface area contributed by atoms with Crippen molar-refractivity contribution >= 4 is 21.6 Å². The van der Waals surface area contributed by atoms with Gasteiger partial charge in [-0.2, -0.15) is 0 Å². The highest BCUT2D eigenvalue weighted by atomic mass is 32.2. The second kappa shape index (κ2) is 9.08. The van der Waals surface area contributed by atoms with Crippen LogP contribution in [0.15, 0.2) is 47.4 Å². The highest BCUT2D eigenvalue weighted by Crippen LogP contribution is 2.31. The van der Waals surface area contributed by atoms with Crippen LogP contribution in [0.1, 0.15) is 30.9 Å². The van der Waals surface area contributed by atoms with Crippen molar-refractivity contribution in [1.82, 2.24) is 4.90 Å². The van der Waals surface area contributed by atoms with Crippen molar-refractivity contribution in [3.8, 4) is 5.75 Å². The minimum absolute atomic E-state index is 0.0616. The van der Waals surface area contributed by atoms with Crippen molar-refractivity contribution in [2.45, 2.75) is 38.5 Å². The lowest BCUT2D eigenvalue weighted by Gasteiger charge is -2.33. The molecule has 30 heavy (non-hydrogen) atoms. The smallest absolute Gasteiger partial charge is 0.268 e. The number of anilines is 1. The van der Waals surface area contributed by atoms with E-state index in [0.29, 0.717) is 24.7 Å². The summed E-state index contributed by atoms with van der Waals surface area (Å²) in [5.74, 6) is 0.665. The number of hydrogen-bond acceptors (Lipinski definition) is 4. The molecule has 0 saturated carbocycles. The number of methoxy groups -OCH3 is 1. The number of carbonyl (C=O) groups is 1. The summed E-state index contributed by atoms with van der Waals surface area (Å²) in [6.07, 6.45) is 1.88. The molecule has 0 aliphatic carbocycles. The predicted molar refractivity (Wildman–Crippen MR) is 118 cm³/mol. The van der Waals surface area contributed by atoms with E-state index >= 15 is 0 Å². The van der Waals surface area contributed by atoms with Crippen molar-refractivity contribution in [1.29, 1.82) is 0 Å². The first-order valence-electron chi connectivity index (χ1n) is 10.2. The monoisotopic (exact) mass is 430 g/mol. The summed E-state index contributed by atoms with van der Waals surface area (Å²) in [6.45, 7) is 6.99. The second-order valence-electron chi connectivity index (χ2n) is 8.07. The summed E-state index contributed by atoms with van der Waals surface area (Å²) in [6, 6.07) is 12.2. The molecule has 0 bridgehead atoms. The number of nitrogens with zero attached hydrogens (tertiary/aromatic N) is 2. The van der Waals surface area contributed by atoms with Gasteiger partial charge in [-0.3, -0.25) is 9.10 Å². The van der Waals surface area contributed by atoms with Crippen molar-refractivity contribution in [2.24, 2.45) is 5.92 Å². The van der Waals surface area contributed by atoms with E-state index in [2.05, 4.69) is 6.92 Å². The minimum atomic E-state index is -4.02. The van der Waals surface area contributed by atoms with Crippen molar-refractivity contribution in [2.75, 3.05) is 31.0 Å². The largest absolute Gasteiger partial charge is 0.495 e. The second-order valence-corrected chi connectivity index (χ2v) is 9.90. The molecule has 162 valence electrons. The molecule has 1 aliphatic rings. The molecule has 3 rings (SSSR count). The van der Waals surface area contributed by atoms with Gasteiger partial charge in [0.1, 0.15) is 17.2 Å². The summed E-state index contributed by atoms with van der Waals surface area (Å²) < 4.78 is 34.0. The fourth-order valence-electron chi connectivity index (χ4n) is 3.68. The minimum Gasteiger partial charge on any atom is -0.495 e. The summed E-state index contributed by atoms with van der Waals surface area (Å²) in [4.78, 5) is 14.9. The van der Waals surface area contributed by atoms with Crippen LogP contribution in [0.25, 0.3) is 0 Å². The Bertz CT molecular complexity index is 1010. The molecule has 1 fully saturated rings.